The van der Waals surface area contributed by atoms with Crippen LogP contribution in [0.25, 0.3) is 0 Å². The molecule has 0 heterocycles. The van der Waals surface area contributed by atoms with E-state index in [9.17, 15) is 4.79 Å². The van der Waals surface area contributed by atoms with Crippen LogP contribution in [0.15, 0.2) is 71.6 Å². The fourth-order valence-electron chi connectivity index (χ4n) is 2.96. The molecule has 0 unspecified atom stereocenters. The largest absolute Gasteiger partial charge is 0.496 e. The molecule has 0 aliphatic carbocycles. The zero-order valence-corrected chi connectivity index (χ0v) is 16.6. The number of benzene rings is 3. The first-order chi connectivity index (χ1) is 13.0. The number of thioether (sulfide) groups is 1. The fourth-order valence-corrected chi connectivity index (χ4v) is 3.86. The van der Waals surface area contributed by atoms with Gasteiger partial charge in [-0.3, -0.25) is 4.79 Å². The van der Waals surface area contributed by atoms with E-state index in [1.807, 2.05) is 56.3 Å². The van der Waals surface area contributed by atoms with Gasteiger partial charge in [0, 0.05) is 27.5 Å². The Morgan fingerprint density at radius 3 is 2.33 bits per heavy atom. The highest BCUT2D eigenvalue weighted by atomic mass is 32.2. The Balaban J connectivity index is 1.78. The summed E-state index contributed by atoms with van der Waals surface area (Å²) >= 11 is 1.72. The number of carbonyl (C=O) groups excluding carboxylic acids is 1. The molecule has 1 amide bonds. The Morgan fingerprint density at radius 1 is 0.963 bits per heavy atom. The van der Waals surface area contributed by atoms with Gasteiger partial charge in [0.2, 0.25) is 0 Å². The van der Waals surface area contributed by atoms with Gasteiger partial charge in [0.05, 0.1) is 7.11 Å². The van der Waals surface area contributed by atoms with Crippen LogP contribution in [0.4, 0.5) is 5.69 Å². The third-order valence-corrected chi connectivity index (χ3v) is 5.22. The van der Waals surface area contributed by atoms with Crippen LogP contribution in [0.3, 0.4) is 0 Å². The number of anilines is 1. The first-order valence-corrected chi connectivity index (χ1v) is 9.78. The van der Waals surface area contributed by atoms with Crippen molar-refractivity contribution in [3.05, 3.63) is 89.0 Å². The molecule has 0 fully saturated rings. The SMILES string of the molecule is COc1ccc(C(=O)Nc2cc(C)cc(C)c2)cc1CSc1ccccc1. The van der Waals surface area contributed by atoms with Crippen LogP contribution in [-0.2, 0) is 5.75 Å². The lowest BCUT2D eigenvalue weighted by molar-refractivity contribution is 0.102. The lowest BCUT2D eigenvalue weighted by Crippen LogP contribution is -2.12. The molecule has 3 aromatic carbocycles. The Bertz CT molecular complexity index is 918. The van der Waals surface area contributed by atoms with E-state index in [-0.39, 0.29) is 5.91 Å². The number of nitrogens with one attached hydrogen (secondary N) is 1. The molecule has 3 aromatic rings. The average Bonchev–Trinajstić information content (AvgIpc) is 2.66. The number of carbonyl (C=O) groups is 1. The molecule has 1 N–H and O–H groups in total. The molecule has 4 heteroatoms. The molecule has 0 aliphatic heterocycles. The molecule has 0 atom stereocenters. The summed E-state index contributed by atoms with van der Waals surface area (Å²) in [6.45, 7) is 4.05. The number of aryl methyl sites for hydroxylation is 2. The zero-order chi connectivity index (χ0) is 19.2. The molecule has 0 spiro atoms. The van der Waals surface area contributed by atoms with Crippen molar-refractivity contribution in [2.24, 2.45) is 0 Å². The van der Waals surface area contributed by atoms with Crippen molar-refractivity contribution in [1.29, 1.82) is 0 Å². The number of amides is 1. The van der Waals surface area contributed by atoms with E-state index in [1.165, 1.54) is 4.90 Å². The topological polar surface area (TPSA) is 38.3 Å². The van der Waals surface area contributed by atoms with Crippen molar-refractivity contribution in [1.82, 2.24) is 0 Å². The molecule has 0 radical (unpaired) electrons. The summed E-state index contributed by atoms with van der Waals surface area (Å²) in [6, 6.07) is 21.8. The summed E-state index contributed by atoms with van der Waals surface area (Å²) in [6.07, 6.45) is 0. The molecule has 3 nitrogen and oxygen atoms in total. The molecule has 0 bridgehead atoms. The molecule has 0 saturated carbocycles. The smallest absolute Gasteiger partial charge is 0.255 e. The Labute approximate surface area is 164 Å². The highest BCUT2D eigenvalue weighted by Gasteiger charge is 2.11. The van der Waals surface area contributed by atoms with E-state index in [1.54, 1.807) is 24.9 Å². The van der Waals surface area contributed by atoms with Crippen LogP contribution >= 0.6 is 11.8 Å². The van der Waals surface area contributed by atoms with Gasteiger partial charge in [0.25, 0.3) is 5.91 Å². The van der Waals surface area contributed by atoms with Crippen LogP contribution in [0.2, 0.25) is 0 Å². The minimum atomic E-state index is -0.117. The van der Waals surface area contributed by atoms with Gasteiger partial charge in [-0.25, -0.2) is 0 Å². The number of ether oxygens (including phenoxy) is 1. The first-order valence-electron chi connectivity index (χ1n) is 8.79. The van der Waals surface area contributed by atoms with Gasteiger partial charge >= 0.3 is 0 Å². The molecule has 27 heavy (non-hydrogen) atoms. The Morgan fingerprint density at radius 2 is 1.67 bits per heavy atom. The van der Waals surface area contributed by atoms with Crippen molar-refractivity contribution in [2.45, 2.75) is 24.5 Å². The van der Waals surface area contributed by atoms with Gasteiger partial charge in [0.1, 0.15) is 5.75 Å². The van der Waals surface area contributed by atoms with Gasteiger partial charge in [-0.15, -0.1) is 11.8 Å². The van der Waals surface area contributed by atoms with E-state index in [4.69, 9.17) is 4.74 Å². The van der Waals surface area contributed by atoms with Crippen LogP contribution in [-0.4, -0.2) is 13.0 Å². The minimum absolute atomic E-state index is 0.117. The summed E-state index contributed by atoms with van der Waals surface area (Å²) in [5.41, 5.74) is 4.69. The van der Waals surface area contributed by atoms with E-state index in [2.05, 4.69) is 23.5 Å². The van der Waals surface area contributed by atoms with E-state index < -0.39 is 0 Å². The zero-order valence-electron chi connectivity index (χ0n) is 15.8. The average molecular weight is 378 g/mol. The van der Waals surface area contributed by atoms with Crippen LogP contribution in [0, 0.1) is 13.8 Å². The maximum absolute atomic E-state index is 12.7. The van der Waals surface area contributed by atoms with Gasteiger partial charge in [0.15, 0.2) is 0 Å². The van der Waals surface area contributed by atoms with Crippen molar-refractivity contribution in [3.8, 4) is 5.75 Å². The molecule has 0 aromatic heterocycles. The third kappa shape index (κ3) is 5.14. The van der Waals surface area contributed by atoms with E-state index in [0.717, 1.165) is 33.9 Å². The van der Waals surface area contributed by atoms with Crippen molar-refractivity contribution in [3.63, 3.8) is 0 Å². The molecule has 0 saturated heterocycles. The highest BCUT2D eigenvalue weighted by molar-refractivity contribution is 7.98. The van der Waals surface area contributed by atoms with Gasteiger partial charge in [-0.2, -0.15) is 0 Å². The minimum Gasteiger partial charge on any atom is -0.496 e. The van der Waals surface area contributed by atoms with Gasteiger partial charge < -0.3 is 10.1 Å². The van der Waals surface area contributed by atoms with Gasteiger partial charge in [-0.05, 0) is 67.4 Å². The van der Waals surface area contributed by atoms with Crippen LogP contribution < -0.4 is 10.1 Å². The second kappa shape index (κ2) is 8.78. The lowest BCUT2D eigenvalue weighted by atomic mass is 10.1. The summed E-state index contributed by atoms with van der Waals surface area (Å²) in [5.74, 6) is 1.41. The van der Waals surface area contributed by atoms with E-state index in [0.29, 0.717) is 5.56 Å². The first kappa shape index (κ1) is 19.1. The predicted molar refractivity (Wildman–Crippen MR) is 113 cm³/mol. The highest BCUT2D eigenvalue weighted by Crippen LogP contribution is 2.29. The summed E-state index contributed by atoms with van der Waals surface area (Å²) < 4.78 is 5.47. The van der Waals surface area contributed by atoms with Crippen LogP contribution in [0.1, 0.15) is 27.0 Å². The van der Waals surface area contributed by atoms with Crippen molar-refractivity contribution >= 4 is 23.4 Å². The standard InChI is InChI=1S/C23H23NO2S/c1-16-11-17(2)13-20(12-16)24-23(25)18-9-10-22(26-3)19(14-18)15-27-21-7-5-4-6-8-21/h4-14H,15H2,1-3H3,(H,24,25). The second-order valence-corrected chi connectivity index (χ2v) is 7.51. The summed E-state index contributed by atoms with van der Waals surface area (Å²) in [4.78, 5) is 13.9. The maximum atomic E-state index is 12.7. The molecule has 0 aliphatic rings. The van der Waals surface area contributed by atoms with Gasteiger partial charge in [-0.1, -0.05) is 24.3 Å². The fraction of sp³-hybridized carbons (Fsp3) is 0.174. The molecular weight excluding hydrogens is 354 g/mol. The maximum Gasteiger partial charge on any atom is 0.255 e. The molecule has 3 rings (SSSR count). The third-order valence-electron chi connectivity index (χ3n) is 4.16. The predicted octanol–water partition coefficient (Wildman–Crippen LogP) is 5.86. The quantitative estimate of drug-likeness (QED) is 0.547. The number of rotatable bonds is 6. The van der Waals surface area contributed by atoms with Crippen molar-refractivity contribution < 1.29 is 9.53 Å². The van der Waals surface area contributed by atoms with E-state index >= 15 is 0 Å². The summed E-state index contributed by atoms with van der Waals surface area (Å²) in [7, 11) is 1.65. The Kier molecular flexibility index (Phi) is 6.20. The molecular formula is C23H23NO2S. The monoisotopic (exact) mass is 377 g/mol. The Hall–Kier alpha value is -2.72. The van der Waals surface area contributed by atoms with Crippen molar-refractivity contribution in [2.75, 3.05) is 12.4 Å². The van der Waals surface area contributed by atoms with Crippen LogP contribution in [0.5, 0.6) is 5.75 Å². The normalized spacial score (nSPS) is 10.5. The summed E-state index contributed by atoms with van der Waals surface area (Å²) in [5, 5.41) is 2.99. The lowest BCUT2D eigenvalue weighted by Gasteiger charge is -2.12. The number of hydrogen-bond donors (Lipinski definition) is 1. The number of methoxy groups -OCH3 is 1. The number of hydrogen-bond acceptors (Lipinski definition) is 3. The second-order valence-electron chi connectivity index (χ2n) is 6.46. The molecule has 138 valence electrons.